The molecule has 2 aliphatic rings. The normalized spacial score (nSPS) is 21.7. The summed E-state index contributed by atoms with van der Waals surface area (Å²) >= 11 is 0. The van der Waals surface area contributed by atoms with Crippen LogP contribution < -0.4 is 0 Å². The fourth-order valence-corrected chi connectivity index (χ4v) is 3.25. The van der Waals surface area contributed by atoms with Gasteiger partial charge in [0, 0.05) is 31.0 Å². The van der Waals surface area contributed by atoms with Crippen LogP contribution in [0.25, 0.3) is 0 Å². The van der Waals surface area contributed by atoms with E-state index >= 15 is 0 Å². The van der Waals surface area contributed by atoms with Crippen molar-refractivity contribution >= 4 is 0 Å². The average Bonchev–Trinajstić information content (AvgIpc) is 3.01. The number of likely N-dealkylation sites (N-methyl/N-ethyl adjacent to an activating group) is 1. The molecule has 25 heavy (non-hydrogen) atoms. The maximum absolute atomic E-state index is 5.78. The highest BCUT2D eigenvalue weighted by Gasteiger charge is 2.31. The van der Waals surface area contributed by atoms with Crippen molar-refractivity contribution in [3.8, 4) is 0 Å². The van der Waals surface area contributed by atoms with Gasteiger partial charge in [-0.1, -0.05) is 19.0 Å². The van der Waals surface area contributed by atoms with Gasteiger partial charge in [0.1, 0.15) is 0 Å². The molecule has 0 bridgehead atoms. The minimum atomic E-state index is 0.267. The molecule has 0 spiro atoms. The lowest BCUT2D eigenvalue weighted by Gasteiger charge is -2.22. The third kappa shape index (κ3) is 3.90. The third-order valence-electron chi connectivity index (χ3n) is 5.01. The van der Waals surface area contributed by atoms with Crippen molar-refractivity contribution in [3.63, 3.8) is 0 Å². The molecule has 0 aromatic carbocycles. The van der Waals surface area contributed by atoms with E-state index in [0.29, 0.717) is 24.4 Å². The zero-order valence-electron chi connectivity index (χ0n) is 15.2. The number of hydrogen-bond donors (Lipinski definition) is 0. The Bertz CT molecular complexity index is 708. The van der Waals surface area contributed by atoms with Crippen LogP contribution in [0, 0.1) is 0 Å². The van der Waals surface area contributed by atoms with Crippen molar-refractivity contribution < 1.29 is 8.94 Å². The zero-order chi connectivity index (χ0) is 17.4. The molecule has 0 unspecified atom stereocenters. The Hall–Kier alpha value is -1.80. The second-order valence-electron chi connectivity index (χ2n) is 7.60. The second kappa shape index (κ2) is 6.84. The van der Waals surface area contributed by atoms with Crippen molar-refractivity contribution in [2.75, 3.05) is 20.1 Å². The first kappa shape index (κ1) is 16.7. The van der Waals surface area contributed by atoms with E-state index in [1.165, 1.54) is 12.8 Å². The lowest BCUT2D eigenvalue weighted by atomic mass is 10.2. The smallest absolute Gasteiger partial charge is 0.230 e. The highest BCUT2D eigenvalue weighted by Crippen LogP contribution is 2.39. The summed E-state index contributed by atoms with van der Waals surface area (Å²) in [6.45, 7) is 7.60. The molecular formula is C17H26N6O2. The van der Waals surface area contributed by atoms with Crippen LogP contribution in [0.3, 0.4) is 0 Å². The SMILES string of the molecule is CC(C)c1nc(CN(C)[C@@H]2CCN(Cc3nnc(C4CC4)o3)C2)no1. The van der Waals surface area contributed by atoms with E-state index in [4.69, 9.17) is 8.94 Å². The Kier molecular flexibility index (Phi) is 4.56. The number of nitrogens with zero attached hydrogens (tertiary/aromatic N) is 6. The van der Waals surface area contributed by atoms with E-state index in [0.717, 1.165) is 43.7 Å². The van der Waals surface area contributed by atoms with Gasteiger partial charge in [-0.15, -0.1) is 10.2 Å². The molecule has 0 N–H and O–H groups in total. The van der Waals surface area contributed by atoms with Crippen LogP contribution in [0.5, 0.6) is 0 Å². The summed E-state index contributed by atoms with van der Waals surface area (Å²) in [5, 5.41) is 12.4. The van der Waals surface area contributed by atoms with Gasteiger partial charge in [0.05, 0.1) is 13.1 Å². The van der Waals surface area contributed by atoms with Crippen molar-refractivity contribution in [1.29, 1.82) is 0 Å². The largest absolute Gasteiger partial charge is 0.424 e. The van der Waals surface area contributed by atoms with Gasteiger partial charge < -0.3 is 8.94 Å². The fourth-order valence-electron chi connectivity index (χ4n) is 3.25. The average molecular weight is 346 g/mol. The first-order valence-electron chi connectivity index (χ1n) is 9.16. The third-order valence-corrected chi connectivity index (χ3v) is 5.01. The highest BCUT2D eigenvalue weighted by atomic mass is 16.5. The first-order chi connectivity index (χ1) is 12.1. The summed E-state index contributed by atoms with van der Waals surface area (Å²) in [7, 11) is 2.12. The minimum Gasteiger partial charge on any atom is -0.424 e. The Morgan fingerprint density at radius 3 is 2.80 bits per heavy atom. The predicted octanol–water partition coefficient (Wildman–Crippen LogP) is 2.16. The fraction of sp³-hybridized carbons (Fsp3) is 0.765. The summed E-state index contributed by atoms with van der Waals surface area (Å²) in [4.78, 5) is 9.15. The molecule has 3 heterocycles. The Balaban J connectivity index is 1.28. The van der Waals surface area contributed by atoms with Crippen LogP contribution in [-0.2, 0) is 13.1 Å². The molecule has 4 rings (SSSR count). The van der Waals surface area contributed by atoms with Crippen LogP contribution >= 0.6 is 0 Å². The van der Waals surface area contributed by atoms with Crippen LogP contribution in [0.4, 0.5) is 0 Å². The van der Waals surface area contributed by atoms with E-state index in [-0.39, 0.29) is 5.92 Å². The van der Waals surface area contributed by atoms with Gasteiger partial charge in [0.15, 0.2) is 5.82 Å². The van der Waals surface area contributed by atoms with Crippen LogP contribution in [0.2, 0.25) is 0 Å². The maximum Gasteiger partial charge on any atom is 0.230 e. The van der Waals surface area contributed by atoms with E-state index in [1.807, 2.05) is 0 Å². The predicted molar refractivity (Wildman–Crippen MR) is 89.8 cm³/mol. The summed E-state index contributed by atoms with van der Waals surface area (Å²) in [6, 6.07) is 0.479. The molecule has 1 aliphatic carbocycles. The van der Waals surface area contributed by atoms with Crippen LogP contribution in [0.1, 0.15) is 68.4 Å². The van der Waals surface area contributed by atoms with Crippen LogP contribution in [0.15, 0.2) is 8.94 Å². The summed E-state index contributed by atoms with van der Waals surface area (Å²) < 4.78 is 11.1. The number of rotatable bonds is 7. The molecule has 8 heteroatoms. The lowest BCUT2D eigenvalue weighted by Crippen LogP contribution is -2.34. The molecule has 2 aromatic rings. The molecule has 1 saturated carbocycles. The summed E-state index contributed by atoms with van der Waals surface area (Å²) in [5.74, 6) is 3.81. The Labute approximate surface area is 147 Å². The van der Waals surface area contributed by atoms with Gasteiger partial charge in [-0.25, -0.2) is 0 Å². The van der Waals surface area contributed by atoms with E-state index in [2.05, 4.69) is 51.0 Å². The van der Waals surface area contributed by atoms with Gasteiger partial charge in [-0.3, -0.25) is 9.80 Å². The van der Waals surface area contributed by atoms with Gasteiger partial charge in [-0.05, 0) is 26.3 Å². The molecule has 8 nitrogen and oxygen atoms in total. The van der Waals surface area contributed by atoms with Crippen molar-refractivity contribution in [3.05, 3.63) is 23.5 Å². The standard InChI is InChI=1S/C17H26N6O2/c1-11(2)16-18-14(21-25-16)9-22(3)13-6-7-23(8-13)10-15-19-20-17(24-15)12-4-5-12/h11-13H,4-10H2,1-3H3/t13-/m1/s1. The van der Waals surface area contributed by atoms with Crippen molar-refractivity contribution in [2.24, 2.45) is 0 Å². The first-order valence-corrected chi connectivity index (χ1v) is 9.16. The minimum absolute atomic E-state index is 0.267. The number of likely N-dealkylation sites (tertiary alicyclic amines) is 1. The van der Waals surface area contributed by atoms with Crippen LogP contribution in [-0.4, -0.2) is 56.3 Å². The van der Waals surface area contributed by atoms with Crippen molar-refractivity contribution in [2.45, 2.75) is 64.1 Å². The molecule has 1 aliphatic heterocycles. The molecule has 1 atom stereocenters. The van der Waals surface area contributed by atoms with E-state index in [9.17, 15) is 0 Å². The van der Waals surface area contributed by atoms with E-state index < -0.39 is 0 Å². The monoisotopic (exact) mass is 346 g/mol. The van der Waals surface area contributed by atoms with Gasteiger partial charge in [-0.2, -0.15) is 4.98 Å². The second-order valence-corrected chi connectivity index (χ2v) is 7.60. The summed E-state index contributed by atoms with van der Waals surface area (Å²) in [5.41, 5.74) is 0. The molecule has 2 fully saturated rings. The lowest BCUT2D eigenvalue weighted by molar-refractivity contribution is 0.209. The van der Waals surface area contributed by atoms with E-state index in [1.54, 1.807) is 0 Å². The summed E-state index contributed by atoms with van der Waals surface area (Å²) in [6.07, 6.45) is 3.49. The maximum atomic E-state index is 5.78. The Morgan fingerprint density at radius 1 is 1.24 bits per heavy atom. The van der Waals surface area contributed by atoms with Gasteiger partial charge in [0.25, 0.3) is 0 Å². The van der Waals surface area contributed by atoms with Gasteiger partial charge in [0.2, 0.25) is 17.7 Å². The van der Waals surface area contributed by atoms with Crippen molar-refractivity contribution in [1.82, 2.24) is 30.1 Å². The topological polar surface area (TPSA) is 84.3 Å². The molecule has 0 radical (unpaired) electrons. The zero-order valence-corrected chi connectivity index (χ0v) is 15.2. The molecule has 2 aromatic heterocycles. The quantitative estimate of drug-likeness (QED) is 0.754. The van der Waals surface area contributed by atoms with Gasteiger partial charge >= 0.3 is 0 Å². The highest BCUT2D eigenvalue weighted by molar-refractivity contribution is 5.00. The molecule has 136 valence electrons. The molecule has 0 amide bonds. The number of aromatic nitrogens is 4. The number of hydrogen-bond acceptors (Lipinski definition) is 8. The molecular weight excluding hydrogens is 320 g/mol. The molecule has 1 saturated heterocycles. The Morgan fingerprint density at radius 2 is 2.08 bits per heavy atom.